The third kappa shape index (κ3) is 5.59. The molecule has 0 aliphatic carbocycles. The maximum atomic E-state index is 10.3. The van der Waals surface area contributed by atoms with Crippen molar-refractivity contribution in [2.45, 2.75) is 26.7 Å². The minimum Gasteiger partial charge on any atom is -0.448 e. The Balaban J connectivity index is 3.67. The first-order valence-electron chi connectivity index (χ1n) is 5.34. The monoisotopic (exact) mass is 218 g/mol. The van der Waals surface area contributed by atoms with E-state index in [1.165, 1.54) is 0 Å². The molecule has 0 radical (unpaired) electrons. The van der Waals surface area contributed by atoms with Gasteiger partial charge in [-0.25, -0.2) is 4.79 Å². The van der Waals surface area contributed by atoms with E-state index in [-0.39, 0.29) is 18.6 Å². The number of nitrogens with two attached hydrogens (primary N) is 1. The second-order valence-corrected chi connectivity index (χ2v) is 3.71. The van der Waals surface area contributed by atoms with Crippen LogP contribution in [0, 0.1) is 5.41 Å². The molecule has 15 heavy (non-hydrogen) atoms. The summed E-state index contributed by atoms with van der Waals surface area (Å²) >= 11 is 0. The molecule has 0 aromatic rings. The predicted octanol–water partition coefficient (Wildman–Crippen LogP) is 0.470. The van der Waals surface area contributed by atoms with Crippen molar-refractivity contribution in [2.24, 2.45) is 11.1 Å². The molecule has 0 fully saturated rings. The molecule has 0 aliphatic heterocycles. The van der Waals surface area contributed by atoms with Crippen LogP contribution >= 0.6 is 0 Å². The Labute approximate surface area is 91.0 Å². The summed E-state index contributed by atoms with van der Waals surface area (Å²) in [5.41, 5.74) is 4.75. The SMILES string of the molecule is CCC(CC)(CO)CNCCOC(N)=O. The van der Waals surface area contributed by atoms with Gasteiger partial charge < -0.3 is 20.9 Å². The van der Waals surface area contributed by atoms with Crippen LogP contribution in [0.4, 0.5) is 4.79 Å². The number of carbonyl (C=O) groups is 1. The fourth-order valence-corrected chi connectivity index (χ4v) is 1.36. The third-order valence-corrected chi connectivity index (χ3v) is 2.86. The second kappa shape index (κ2) is 7.48. The van der Waals surface area contributed by atoms with Gasteiger partial charge in [-0.2, -0.15) is 0 Å². The van der Waals surface area contributed by atoms with Crippen molar-refractivity contribution in [2.75, 3.05) is 26.3 Å². The van der Waals surface area contributed by atoms with E-state index in [2.05, 4.69) is 23.9 Å². The van der Waals surface area contributed by atoms with Gasteiger partial charge in [0, 0.05) is 25.1 Å². The lowest BCUT2D eigenvalue weighted by atomic mass is 9.83. The van der Waals surface area contributed by atoms with E-state index >= 15 is 0 Å². The number of nitrogens with one attached hydrogen (secondary N) is 1. The third-order valence-electron chi connectivity index (χ3n) is 2.86. The largest absolute Gasteiger partial charge is 0.448 e. The quantitative estimate of drug-likeness (QED) is 0.517. The van der Waals surface area contributed by atoms with Crippen LogP contribution < -0.4 is 11.1 Å². The predicted molar refractivity (Wildman–Crippen MR) is 58.5 cm³/mol. The summed E-state index contributed by atoms with van der Waals surface area (Å²) in [6.45, 7) is 5.83. The number of rotatable bonds is 8. The molecule has 0 aromatic heterocycles. The van der Waals surface area contributed by atoms with Crippen molar-refractivity contribution in [1.29, 1.82) is 0 Å². The molecular formula is C10H22N2O3. The first-order valence-corrected chi connectivity index (χ1v) is 5.34. The second-order valence-electron chi connectivity index (χ2n) is 3.71. The van der Waals surface area contributed by atoms with Gasteiger partial charge in [0.2, 0.25) is 0 Å². The zero-order valence-corrected chi connectivity index (χ0v) is 9.58. The van der Waals surface area contributed by atoms with Gasteiger partial charge in [0.15, 0.2) is 0 Å². The van der Waals surface area contributed by atoms with Crippen LogP contribution in [0.3, 0.4) is 0 Å². The van der Waals surface area contributed by atoms with Crippen LogP contribution in [-0.2, 0) is 4.74 Å². The molecule has 4 N–H and O–H groups in total. The average Bonchev–Trinajstić information content (AvgIpc) is 2.24. The Hall–Kier alpha value is -0.810. The van der Waals surface area contributed by atoms with Gasteiger partial charge in [0.05, 0.1) is 0 Å². The first kappa shape index (κ1) is 14.2. The summed E-state index contributed by atoms with van der Waals surface area (Å²) in [6, 6.07) is 0. The summed E-state index contributed by atoms with van der Waals surface area (Å²) in [4.78, 5) is 10.3. The first-order chi connectivity index (χ1) is 7.10. The number of hydrogen-bond donors (Lipinski definition) is 3. The Morgan fingerprint density at radius 2 is 2.07 bits per heavy atom. The molecule has 0 bridgehead atoms. The molecule has 0 unspecified atom stereocenters. The summed E-state index contributed by atoms with van der Waals surface area (Å²) in [6.07, 6.45) is 1.09. The molecule has 0 saturated heterocycles. The van der Waals surface area contributed by atoms with Crippen LogP contribution in [0.1, 0.15) is 26.7 Å². The number of hydrogen-bond acceptors (Lipinski definition) is 4. The molecule has 5 nitrogen and oxygen atoms in total. The zero-order chi connectivity index (χ0) is 11.7. The lowest BCUT2D eigenvalue weighted by Gasteiger charge is -2.29. The standard InChI is InChI=1S/C10H22N2O3/c1-3-10(4-2,8-13)7-12-5-6-15-9(11)14/h12-13H,3-8H2,1-2H3,(H2,11,14). The summed E-state index contributed by atoms with van der Waals surface area (Å²) in [5, 5.41) is 12.4. The van der Waals surface area contributed by atoms with Crippen molar-refractivity contribution in [1.82, 2.24) is 5.32 Å². The molecular weight excluding hydrogens is 196 g/mol. The summed E-state index contributed by atoms with van der Waals surface area (Å²) in [7, 11) is 0. The maximum absolute atomic E-state index is 10.3. The van der Waals surface area contributed by atoms with E-state index in [0.717, 1.165) is 19.4 Å². The number of primary amides is 1. The Morgan fingerprint density at radius 1 is 1.47 bits per heavy atom. The molecule has 0 aliphatic rings. The van der Waals surface area contributed by atoms with Gasteiger partial charge in [-0.3, -0.25) is 0 Å². The lowest BCUT2D eigenvalue weighted by Crippen LogP contribution is -2.38. The van der Waals surface area contributed by atoms with Gasteiger partial charge in [0.25, 0.3) is 0 Å². The van der Waals surface area contributed by atoms with E-state index in [4.69, 9.17) is 5.73 Å². The minimum atomic E-state index is -0.754. The van der Waals surface area contributed by atoms with Gasteiger partial charge in [-0.05, 0) is 12.8 Å². The highest BCUT2D eigenvalue weighted by molar-refractivity contribution is 5.64. The molecule has 1 amide bonds. The molecule has 0 heterocycles. The van der Waals surface area contributed by atoms with Crippen LogP contribution in [0.5, 0.6) is 0 Å². The van der Waals surface area contributed by atoms with E-state index in [0.29, 0.717) is 6.54 Å². The molecule has 0 rings (SSSR count). The van der Waals surface area contributed by atoms with Crippen molar-refractivity contribution in [3.63, 3.8) is 0 Å². The number of aliphatic hydroxyl groups is 1. The summed E-state index contributed by atoms with van der Waals surface area (Å²) in [5.74, 6) is 0. The fourth-order valence-electron chi connectivity index (χ4n) is 1.36. The number of carbonyl (C=O) groups excluding carboxylic acids is 1. The summed E-state index contributed by atoms with van der Waals surface area (Å²) < 4.78 is 4.57. The highest BCUT2D eigenvalue weighted by Crippen LogP contribution is 2.24. The highest BCUT2D eigenvalue weighted by atomic mass is 16.5. The highest BCUT2D eigenvalue weighted by Gasteiger charge is 2.24. The molecule has 90 valence electrons. The van der Waals surface area contributed by atoms with E-state index in [1.54, 1.807) is 0 Å². The van der Waals surface area contributed by atoms with Crippen LogP contribution in [0.2, 0.25) is 0 Å². The Kier molecular flexibility index (Phi) is 7.07. The van der Waals surface area contributed by atoms with E-state index < -0.39 is 6.09 Å². The fraction of sp³-hybridized carbons (Fsp3) is 0.900. The Bertz CT molecular complexity index is 173. The van der Waals surface area contributed by atoms with E-state index in [9.17, 15) is 9.90 Å². The molecule has 0 atom stereocenters. The topological polar surface area (TPSA) is 84.6 Å². The van der Waals surface area contributed by atoms with Crippen LogP contribution in [0.25, 0.3) is 0 Å². The number of aliphatic hydroxyl groups excluding tert-OH is 1. The van der Waals surface area contributed by atoms with Crippen molar-refractivity contribution < 1.29 is 14.6 Å². The number of amides is 1. The van der Waals surface area contributed by atoms with Crippen LogP contribution in [0.15, 0.2) is 0 Å². The maximum Gasteiger partial charge on any atom is 0.404 e. The van der Waals surface area contributed by atoms with Crippen molar-refractivity contribution in [3.05, 3.63) is 0 Å². The molecule has 5 heteroatoms. The van der Waals surface area contributed by atoms with Gasteiger partial charge in [-0.15, -0.1) is 0 Å². The smallest absolute Gasteiger partial charge is 0.404 e. The molecule has 0 aromatic carbocycles. The average molecular weight is 218 g/mol. The van der Waals surface area contributed by atoms with E-state index in [1.807, 2.05) is 0 Å². The Morgan fingerprint density at radius 3 is 2.47 bits per heavy atom. The van der Waals surface area contributed by atoms with Gasteiger partial charge in [-0.1, -0.05) is 13.8 Å². The van der Waals surface area contributed by atoms with Gasteiger partial charge >= 0.3 is 6.09 Å². The number of ether oxygens (including phenoxy) is 1. The molecule has 0 spiro atoms. The minimum absolute atomic E-state index is 0.0628. The normalized spacial score (nSPS) is 11.4. The van der Waals surface area contributed by atoms with Crippen molar-refractivity contribution >= 4 is 6.09 Å². The lowest BCUT2D eigenvalue weighted by molar-refractivity contribution is 0.109. The van der Waals surface area contributed by atoms with Crippen molar-refractivity contribution in [3.8, 4) is 0 Å². The zero-order valence-electron chi connectivity index (χ0n) is 9.58. The van der Waals surface area contributed by atoms with Crippen LogP contribution in [-0.4, -0.2) is 37.5 Å². The van der Waals surface area contributed by atoms with Gasteiger partial charge in [0.1, 0.15) is 6.61 Å². The molecule has 0 saturated carbocycles.